The number of ether oxygens (including phenoxy) is 1. The maximum Gasteiger partial charge on any atom is 0.172 e. The Labute approximate surface area is 85.8 Å². The number of rotatable bonds is 4. The number of carbonyl (C=O) groups excluding carboxylic acids is 1. The average molecular weight is 200 g/mol. The zero-order valence-electron chi connectivity index (χ0n) is 9.32. The first-order chi connectivity index (χ1) is 6.63. The minimum atomic E-state index is 0.170. The summed E-state index contributed by atoms with van der Waals surface area (Å²) in [6.07, 6.45) is 0. The number of hydrogen-bond donors (Lipinski definition) is 0. The van der Waals surface area contributed by atoms with Gasteiger partial charge in [-0.15, -0.1) is 0 Å². The van der Waals surface area contributed by atoms with Crippen LogP contribution >= 0.6 is 0 Å². The summed E-state index contributed by atoms with van der Waals surface area (Å²) in [6, 6.07) is 0.467. The van der Waals surface area contributed by atoms with Gasteiger partial charge in [0.1, 0.15) is 6.61 Å². The maximum absolute atomic E-state index is 11.4. The molecule has 0 saturated carbocycles. The van der Waals surface area contributed by atoms with Crippen molar-refractivity contribution in [3.63, 3.8) is 0 Å². The molecule has 0 aromatic rings. The number of carbonyl (C=O) groups is 1. The standard InChI is InChI=1S/C10H20N2O2/c1-9-6-11(2)4-5-12(9)7-10(13)8-14-3/h9H,4-8H2,1-3H3. The van der Waals surface area contributed by atoms with Gasteiger partial charge in [0.05, 0.1) is 6.54 Å². The van der Waals surface area contributed by atoms with Gasteiger partial charge in [0.25, 0.3) is 0 Å². The SMILES string of the molecule is COCC(=O)CN1CCN(C)CC1C. The average Bonchev–Trinajstić information content (AvgIpc) is 2.10. The molecule has 1 atom stereocenters. The second-order valence-electron chi connectivity index (χ2n) is 4.05. The van der Waals surface area contributed by atoms with Crippen LogP contribution in [0, 0.1) is 0 Å². The third-order valence-electron chi connectivity index (χ3n) is 2.65. The molecule has 1 heterocycles. The van der Waals surface area contributed by atoms with E-state index in [4.69, 9.17) is 4.74 Å². The van der Waals surface area contributed by atoms with Gasteiger partial charge in [-0.3, -0.25) is 9.69 Å². The Morgan fingerprint density at radius 1 is 1.50 bits per heavy atom. The zero-order chi connectivity index (χ0) is 10.6. The molecule has 82 valence electrons. The van der Waals surface area contributed by atoms with E-state index in [1.807, 2.05) is 0 Å². The molecule has 0 N–H and O–H groups in total. The van der Waals surface area contributed by atoms with E-state index in [1.165, 1.54) is 0 Å². The van der Waals surface area contributed by atoms with Crippen LogP contribution in [0.15, 0.2) is 0 Å². The number of methoxy groups -OCH3 is 1. The summed E-state index contributed by atoms with van der Waals surface area (Å²) in [5.41, 5.74) is 0. The molecule has 0 spiro atoms. The lowest BCUT2D eigenvalue weighted by Gasteiger charge is -2.37. The fourth-order valence-corrected chi connectivity index (χ4v) is 1.85. The smallest absolute Gasteiger partial charge is 0.172 e. The van der Waals surface area contributed by atoms with Crippen molar-refractivity contribution in [3.05, 3.63) is 0 Å². The monoisotopic (exact) mass is 200 g/mol. The summed E-state index contributed by atoms with van der Waals surface area (Å²) in [5, 5.41) is 0. The van der Waals surface area contributed by atoms with Crippen LogP contribution in [0.3, 0.4) is 0 Å². The molecule has 1 aliphatic rings. The largest absolute Gasteiger partial charge is 0.377 e. The molecular weight excluding hydrogens is 180 g/mol. The van der Waals surface area contributed by atoms with Gasteiger partial charge >= 0.3 is 0 Å². The number of likely N-dealkylation sites (N-methyl/N-ethyl adjacent to an activating group) is 1. The van der Waals surface area contributed by atoms with Crippen LogP contribution in [-0.4, -0.2) is 68.6 Å². The predicted octanol–water partition coefficient (Wildman–Crippen LogP) is -0.162. The van der Waals surface area contributed by atoms with Gasteiger partial charge in [0, 0.05) is 32.8 Å². The van der Waals surface area contributed by atoms with Crippen LogP contribution in [0.1, 0.15) is 6.92 Å². The minimum Gasteiger partial charge on any atom is -0.377 e. The van der Waals surface area contributed by atoms with Gasteiger partial charge in [0.15, 0.2) is 5.78 Å². The van der Waals surface area contributed by atoms with Gasteiger partial charge in [0.2, 0.25) is 0 Å². The van der Waals surface area contributed by atoms with E-state index in [-0.39, 0.29) is 12.4 Å². The van der Waals surface area contributed by atoms with E-state index < -0.39 is 0 Å². The molecule has 0 radical (unpaired) electrons. The van der Waals surface area contributed by atoms with Crippen LogP contribution in [0.25, 0.3) is 0 Å². The maximum atomic E-state index is 11.4. The van der Waals surface area contributed by atoms with Crippen LogP contribution in [-0.2, 0) is 9.53 Å². The highest BCUT2D eigenvalue weighted by Crippen LogP contribution is 2.06. The van der Waals surface area contributed by atoms with E-state index in [9.17, 15) is 4.79 Å². The summed E-state index contributed by atoms with van der Waals surface area (Å²) in [7, 11) is 3.68. The summed E-state index contributed by atoms with van der Waals surface area (Å²) in [6.45, 7) is 6.00. The van der Waals surface area contributed by atoms with Gasteiger partial charge in [-0.1, -0.05) is 0 Å². The number of hydrogen-bond acceptors (Lipinski definition) is 4. The molecule has 1 unspecified atom stereocenters. The molecule has 4 nitrogen and oxygen atoms in total. The first-order valence-electron chi connectivity index (χ1n) is 5.06. The number of nitrogens with zero attached hydrogens (tertiary/aromatic N) is 2. The van der Waals surface area contributed by atoms with Crippen LogP contribution in [0.5, 0.6) is 0 Å². The Morgan fingerprint density at radius 2 is 2.21 bits per heavy atom. The quantitative estimate of drug-likeness (QED) is 0.631. The predicted molar refractivity (Wildman–Crippen MR) is 55.4 cm³/mol. The van der Waals surface area contributed by atoms with Gasteiger partial charge in [-0.2, -0.15) is 0 Å². The van der Waals surface area contributed by atoms with E-state index in [0.29, 0.717) is 12.6 Å². The second-order valence-corrected chi connectivity index (χ2v) is 4.05. The highest BCUT2D eigenvalue weighted by atomic mass is 16.5. The van der Waals surface area contributed by atoms with E-state index in [0.717, 1.165) is 19.6 Å². The van der Waals surface area contributed by atoms with Crippen LogP contribution in [0.2, 0.25) is 0 Å². The fraction of sp³-hybridized carbons (Fsp3) is 0.900. The summed E-state index contributed by atoms with van der Waals surface area (Å²) in [4.78, 5) is 15.9. The zero-order valence-corrected chi connectivity index (χ0v) is 9.32. The van der Waals surface area contributed by atoms with Crippen molar-refractivity contribution in [1.82, 2.24) is 9.80 Å². The summed E-state index contributed by atoms with van der Waals surface area (Å²) < 4.78 is 4.81. The Balaban J connectivity index is 2.33. The molecular formula is C10H20N2O2. The molecule has 1 saturated heterocycles. The van der Waals surface area contributed by atoms with Crippen molar-refractivity contribution >= 4 is 5.78 Å². The molecule has 0 aromatic carbocycles. The third kappa shape index (κ3) is 3.36. The van der Waals surface area contributed by atoms with Gasteiger partial charge in [-0.25, -0.2) is 0 Å². The Kier molecular flexibility index (Phi) is 4.51. The second kappa shape index (κ2) is 5.44. The van der Waals surface area contributed by atoms with Gasteiger partial charge in [-0.05, 0) is 14.0 Å². The number of ketones is 1. The highest BCUT2D eigenvalue weighted by molar-refractivity contribution is 5.81. The van der Waals surface area contributed by atoms with Crippen molar-refractivity contribution in [3.8, 4) is 0 Å². The highest BCUT2D eigenvalue weighted by Gasteiger charge is 2.22. The molecule has 1 aliphatic heterocycles. The van der Waals surface area contributed by atoms with Crippen molar-refractivity contribution in [1.29, 1.82) is 0 Å². The Hall–Kier alpha value is -0.450. The topological polar surface area (TPSA) is 32.8 Å². The van der Waals surface area contributed by atoms with Crippen LogP contribution < -0.4 is 0 Å². The van der Waals surface area contributed by atoms with Crippen molar-refractivity contribution in [2.24, 2.45) is 0 Å². The lowest BCUT2D eigenvalue weighted by molar-refractivity contribution is -0.124. The van der Waals surface area contributed by atoms with E-state index in [1.54, 1.807) is 7.11 Å². The number of Topliss-reactive ketones (excluding diaryl/α,β-unsaturated/α-hetero) is 1. The lowest BCUT2D eigenvalue weighted by atomic mass is 10.2. The molecule has 0 aromatic heterocycles. The Bertz CT molecular complexity index is 197. The molecule has 0 aliphatic carbocycles. The molecule has 1 rings (SSSR count). The molecule has 4 heteroatoms. The first kappa shape index (κ1) is 11.6. The normalized spacial score (nSPS) is 25.2. The van der Waals surface area contributed by atoms with Crippen LogP contribution in [0.4, 0.5) is 0 Å². The lowest BCUT2D eigenvalue weighted by Crippen LogP contribution is -2.52. The van der Waals surface area contributed by atoms with E-state index >= 15 is 0 Å². The minimum absolute atomic E-state index is 0.170. The Morgan fingerprint density at radius 3 is 2.79 bits per heavy atom. The molecule has 1 fully saturated rings. The van der Waals surface area contributed by atoms with Gasteiger partial charge < -0.3 is 9.64 Å². The van der Waals surface area contributed by atoms with Crippen molar-refractivity contribution in [2.45, 2.75) is 13.0 Å². The number of piperazine rings is 1. The van der Waals surface area contributed by atoms with Crippen molar-refractivity contribution < 1.29 is 9.53 Å². The molecule has 0 bridgehead atoms. The first-order valence-corrected chi connectivity index (χ1v) is 5.06. The van der Waals surface area contributed by atoms with Crippen molar-refractivity contribution in [2.75, 3.05) is 46.9 Å². The summed E-state index contributed by atoms with van der Waals surface area (Å²) in [5.74, 6) is 0.170. The van der Waals surface area contributed by atoms with E-state index in [2.05, 4.69) is 23.8 Å². The summed E-state index contributed by atoms with van der Waals surface area (Å²) >= 11 is 0. The molecule has 0 amide bonds. The third-order valence-corrected chi connectivity index (χ3v) is 2.65. The fourth-order valence-electron chi connectivity index (χ4n) is 1.85. The molecule has 14 heavy (non-hydrogen) atoms.